The lowest BCUT2D eigenvalue weighted by molar-refractivity contribution is -0.124. The van der Waals surface area contributed by atoms with Crippen molar-refractivity contribution >= 4 is 11.9 Å². The second-order valence-corrected chi connectivity index (χ2v) is 6.75. The highest BCUT2D eigenvalue weighted by Crippen LogP contribution is 2.15. The molecule has 0 radical (unpaired) electrons. The van der Waals surface area contributed by atoms with Crippen LogP contribution in [-0.4, -0.2) is 23.6 Å². The zero-order valence-electron chi connectivity index (χ0n) is 15.4. The highest BCUT2D eigenvalue weighted by atomic mass is 16.5. The van der Waals surface area contributed by atoms with Gasteiger partial charge >= 0.3 is 5.97 Å². The molecular weight excluding hydrogens is 330 g/mol. The molecule has 138 valence electrons. The number of carbonyl (C=O) groups excluding carboxylic acids is 2. The van der Waals surface area contributed by atoms with Crippen LogP contribution in [0.2, 0.25) is 0 Å². The Balaban J connectivity index is 1.83. The molecule has 2 aromatic carbocycles. The van der Waals surface area contributed by atoms with Crippen LogP contribution in [0.1, 0.15) is 48.3 Å². The van der Waals surface area contributed by atoms with Gasteiger partial charge in [-0.3, -0.25) is 4.79 Å². The van der Waals surface area contributed by atoms with E-state index in [1.807, 2.05) is 19.1 Å². The normalized spacial score (nSPS) is 11.8. The Labute approximate surface area is 154 Å². The molecule has 2 aromatic rings. The lowest BCUT2D eigenvalue weighted by Gasteiger charge is -2.15. The van der Waals surface area contributed by atoms with Gasteiger partial charge in [0.1, 0.15) is 5.75 Å². The second kappa shape index (κ2) is 9.04. The molecule has 5 nitrogen and oxygen atoms in total. The fourth-order valence-corrected chi connectivity index (χ4v) is 2.59. The first-order chi connectivity index (χ1) is 12.3. The predicted molar refractivity (Wildman–Crippen MR) is 99.9 cm³/mol. The number of benzene rings is 2. The van der Waals surface area contributed by atoms with Crippen LogP contribution in [0.15, 0.2) is 48.5 Å². The minimum Gasteiger partial charge on any atom is -0.508 e. The van der Waals surface area contributed by atoms with Crippen LogP contribution in [0.5, 0.6) is 5.75 Å². The van der Waals surface area contributed by atoms with E-state index in [9.17, 15) is 14.7 Å². The number of carbonyl (C=O) groups is 2. The molecular formula is C21H25NO4. The molecule has 0 heterocycles. The number of esters is 1. The molecule has 0 unspecified atom stereocenters. The number of aromatic hydroxyl groups is 1. The van der Waals surface area contributed by atoms with Gasteiger partial charge in [-0.15, -0.1) is 0 Å². The van der Waals surface area contributed by atoms with E-state index in [4.69, 9.17) is 4.74 Å². The van der Waals surface area contributed by atoms with E-state index in [0.717, 1.165) is 12.0 Å². The Bertz CT molecular complexity index is 736. The van der Waals surface area contributed by atoms with Crippen LogP contribution < -0.4 is 5.32 Å². The molecule has 0 saturated heterocycles. The molecule has 0 aliphatic rings. The molecule has 26 heavy (non-hydrogen) atoms. The third-order valence-corrected chi connectivity index (χ3v) is 3.94. The SMILES string of the molecule is CC(C)Cc1ccc([C@@H](C)NC(=O)COC(=O)c2ccc(O)cc2)cc1. The van der Waals surface area contributed by atoms with Gasteiger partial charge in [0.25, 0.3) is 5.91 Å². The van der Waals surface area contributed by atoms with Gasteiger partial charge in [0.15, 0.2) is 6.61 Å². The average molecular weight is 355 g/mol. The van der Waals surface area contributed by atoms with Gasteiger partial charge in [-0.05, 0) is 54.7 Å². The molecule has 0 aliphatic heterocycles. The van der Waals surface area contributed by atoms with Crippen LogP contribution in [-0.2, 0) is 16.0 Å². The number of phenolic OH excluding ortho intramolecular Hbond substituents is 1. The Kier molecular flexibility index (Phi) is 6.78. The highest BCUT2D eigenvalue weighted by molar-refractivity contribution is 5.91. The van der Waals surface area contributed by atoms with Gasteiger partial charge in [0.2, 0.25) is 0 Å². The number of ether oxygens (including phenoxy) is 1. The number of phenols is 1. The predicted octanol–water partition coefficient (Wildman–Crippen LogP) is 3.62. The maximum atomic E-state index is 12.0. The molecule has 2 N–H and O–H groups in total. The van der Waals surface area contributed by atoms with Crippen LogP contribution in [0, 0.1) is 5.92 Å². The van der Waals surface area contributed by atoms with E-state index in [1.54, 1.807) is 0 Å². The summed E-state index contributed by atoms with van der Waals surface area (Å²) in [5, 5.41) is 12.0. The van der Waals surface area contributed by atoms with Gasteiger partial charge in [0, 0.05) is 0 Å². The fourth-order valence-electron chi connectivity index (χ4n) is 2.59. The topological polar surface area (TPSA) is 75.6 Å². The molecule has 1 atom stereocenters. The maximum absolute atomic E-state index is 12.0. The van der Waals surface area contributed by atoms with Crippen LogP contribution in [0.4, 0.5) is 0 Å². The van der Waals surface area contributed by atoms with Crippen LogP contribution >= 0.6 is 0 Å². The summed E-state index contributed by atoms with van der Waals surface area (Å²) in [4.78, 5) is 23.9. The summed E-state index contributed by atoms with van der Waals surface area (Å²) in [6, 6.07) is 13.6. The molecule has 0 saturated carbocycles. The third-order valence-electron chi connectivity index (χ3n) is 3.94. The van der Waals surface area contributed by atoms with Crippen molar-refractivity contribution in [3.8, 4) is 5.75 Å². The molecule has 0 bridgehead atoms. The summed E-state index contributed by atoms with van der Waals surface area (Å²) >= 11 is 0. The van der Waals surface area contributed by atoms with E-state index in [1.165, 1.54) is 29.8 Å². The number of hydrogen-bond acceptors (Lipinski definition) is 4. The second-order valence-electron chi connectivity index (χ2n) is 6.75. The Morgan fingerprint density at radius 3 is 2.19 bits per heavy atom. The summed E-state index contributed by atoms with van der Waals surface area (Å²) in [5.74, 6) is -0.310. The summed E-state index contributed by atoms with van der Waals surface area (Å²) in [5.41, 5.74) is 2.55. The van der Waals surface area contributed by atoms with Crippen molar-refractivity contribution in [3.63, 3.8) is 0 Å². The summed E-state index contributed by atoms with van der Waals surface area (Å²) in [7, 11) is 0. The number of hydrogen-bond donors (Lipinski definition) is 2. The van der Waals surface area contributed by atoms with Gasteiger partial charge in [-0.25, -0.2) is 4.79 Å². The largest absolute Gasteiger partial charge is 0.508 e. The van der Waals surface area contributed by atoms with Crippen molar-refractivity contribution in [2.45, 2.75) is 33.2 Å². The molecule has 0 aliphatic carbocycles. The van der Waals surface area contributed by atoms with E-state index in [2.05, 4.69) is 31.3 Å². The maximum Gasteiger partial charge on any atom is 0.338 e. The summed E-state index contributed by atoms with van der Waals surface area (Å²) < 4.78 is 5.00. The number of rotatable bonds is 7. The van der Waals surface area contributed by atoms with Crippen LogP contribution in [0.25, 0.3) is 0 Å². The Morgan fingerprint density at radius 2 is 1.62 bits per heavy atom. The Hall–Kier alpha value is -2.82. The van der Waals surface area contributed by atoms with E-state index < -0.39 is 5.97 Å². The molecule has 0 spiro atoms. The van der Waals surface area contributed by atoms with E-state index in [0.29, 0.717) is 5.92 Å². The van der Waals surface area contributed by atoms with Gasteiger partial charge in [0.05, 0.1) is 11.6 Å². The van der Waals surface area contributed by atoms with Crippen molar-refractivity contribution in [1.29, 1.82) is 0 Å². The molecule has 0 fully saturated rings. The standard InChI is InChI=1S/C21H25NO4/c1-14(2)12-16-4-6-17(7-5-16)15(3)22-20(24)13-26-21(25)18-8-10-19(23)11-9-18/h4-11,14-15,23H,12-13H2,1-3H3,(H,22,24)/t15-/m1/s1. The Morgan fingerprint density at radius 1 is 1.00 bits per heavy atom. The number of nitrogens with one attached hydrogen (secondary N) is 1. The fraction of sp³-hybridized carbons (Fsp3) is 0.333. The first-order valence-electron chi connectivity index (χ1n) is 8.69. The zero-order chi connectivity index (χ0) is 19.1. The number of amides is 1. The lowest BCUT2D eigenvalue weighted by Crippen LogP contribution is -2.31. The molecule has 1 amide bonds. The van der Waals surface area contributed by atoms with Crippen molar-refractivity contribution < 1.29 is 19.4 Å². The van der Waals surface area contributed by atoms with Crippen molar-refractivity contribution in [2.24, 2.45) is 5.92 Å². The first kappa shape index (κ1) is 19.5. The lowest BCUT2D eigenvalue weighted by atomic mass is 10.00. The van der Waals surface area contributed by atoms with Crippen LogP contribution in [0.3, 0.4) is 0 Å². The molecule has 0 aromatic heterocycles. The van der Waals surface area contributed by atoms with E-state index in [-0.39, 0.29) is 29.9 Å². The van der Waals surface area contributed by atoms with Crippen molar-refractivity contribution in [3.05, 3.63) is 65.2 Å². The quantitative estimate of drug-likeness (QED) is 0.744. The molecule has 2 rings (SSSR count). The monoisotopic (exact) mass is 355 g/mol. The minimum absolute atomic E-state index is 0.0625. The van der Waals surface area contributed by atoms with Gasteiger partial charge < -0.3 is 15.2 Å². The zero-order valence-corrected chi connectivity index (χ0v) is 15.4. The van der Waals surface area contributed by atoms with Gasteiger partial charge in [-0.2, -0.15) is 0 Å². The molecule has 5 heteroatoms. The minimum atomic E-state index is -0.606. The first-order valence-corrected chi connectivity index (χ1v) is 8.69. The van der Waals surface area contributed by atoms with Crippen molar-refractivity contribution in [1.82, 2.24) is 5.32 Å². The average Bonchev–Trinajstić information content (AvgIpc) is 2.60. The van der Waals surface area contributed by atoms with E-state index >= 15 is 0 Å². The van der Waals surface area contributed by atoms with Crippen molar-refractivity contribution in [2.75, 3.05) is 6.61 Å². The highest BCUT2D eigenvalue weighted by Gasteiger charge is 2.13. The van der Waals surface area contributed by atoms with Gasteiger partial charge in [-0.1, -0.05) is 38.1 Å². The summed E-state index contributed by atoms with van der Waals surface area (Å²) in [6.07, 6.45) is 1.02. The third kappa shape index (κ3) is 5.92. The smallest absolute Gasteiger partial charge is 0.338 e. The summed E-state index contributed by atoms with van der Waals surface area (Å²) in [6.45, 7) is 5.89.